The molecule has 0 bridgehead atoms. The van der Waals surface area contributed by atoms with Crippen LogP contribution in [0.5, 0.6) is 5.75 Å². The highest BCUT2D eigenvalue weighted by Crippen LogP contribution is 2.32. The lowest BCUT2D eigenvalue weighted by atomic mass is 10.2. The Labute approximate surface area is 171 Å². The van der Waals surface area contributed by atoms with Crippen LogP contribution in [0, 0.1) is 0 Å². The highest BCUT2D eigenvalue weighted by Gasteiger charge is 2.14. The van der Waals surface area contributed by atoms with Gasteiger partial charge in [-0.2, -0.15) is 0 Å². The first-order chi connectivity index (χ1) is 13.1. The molecule has 1 heterocycles. The van der Waals surface area contributed by atoms with Crippen molar-refractivity contribution in [3.63, 3.8) is 0 Å². The quantitative estimate of drug-likeness (QED) is 0.342. The van der Waals surface area contributed by atoms with Crippen molar-refractivity contribution in [2.75, 3.05) is 7.11 Å². The smallest absolute Gasteiger partial charge is 0.174 e. The first-order valence-corrected chi connectivity index (χ1v) is 10.1. The summed E-state index contributed by atoms with van der Waals surface area (Å²) in [6.45, 7) is 0. The molecule has 3 aromatic carbocycles. The molecule has 0 fully saturated rings. The molecule has 27 heavy (non-hydrogen) atoms. The van der Waals surface area contributed by atoms with Crippen LogP contribution in [-0.2, 0) is 5.75 Å². The standard InChI is InChI=1S/C21H16Cl2N2OS/c1-26-18-4-2-3-17(12-18)25-20-11-16(23)9-10-19(20)24-21(25)27-13-14-5-7-15(22)8-6-14/h2-12H,13H2,1H3. The van der Waals surface area contributed by atoms with Crippen LogP contribution in [0.15, 0.2) is 71.9 Å². The Morgan fingerprint density at radius 3 is 2.52 bits per heavy atom. The van der Waals surface area contributed by atoms with E-state index in [0.29, 0.717) is 5.02 Å². The molecule has 0 amide bonds. The van der Waals surface area contributed by atoms with E-state index < -0.39 is 0 Å². The molecular formula is C21H16Cl2N2OS. The molecule has 0 atom stereocenters. The fraction of sp³-hybridized carbons (Fsp3) is 0.0952. The van der Waals surface area contributed by atoms with E-state index in [0.717, 1.165) is 38.4 Å². The van der Waals surface area contributed by atoms with Gasteiger partial charge in [0.15, 0.2) is 5.16 Å². The number of nitrogens with zero attached hydrogens (tertiary/aromatic N) is 2. The Bertz CT molecular complexity index is 1090. The minimum absolute atomic E-state index is 0.681. The van der Waals surface area contributed by atoms with Gasteiger partial charge in [-0.05, 0) is 48.0 Å². The average molecular weight is 415 g/mol. The van der Waals surface area contributed by atoms with Crippen LogP contribution in [0.3, 0.4) is 0 Å². The monoisotopic (exact) mass is 414 g/mol. The Morgan fingerprint density at radius 2 is 1.74 bits per heavy atom. The van der Waals surface area contributed by atoms with Gasteiger partial charge in [-0.1, -0.05) is 53.2 Å². The number of ether oxygens (including phenoxy) is 1. The maximum atomic E-state index is 6.25. The number of thioether (sulfide) groups is 1. The number of fused-ring (bicyclic) bond motifs is 1. The summed E-state index contributed by atoms with van der Waals surface area (Å²) in [5.41, 5.74) is 4.04. The van der Waals surface area contributed by atoms with Gasteiger partial charge in [-0.15, -0.1) is 0 Å². The molecule has 1 aromatic heterocycles. The zero-order valence-electron chi connectivity index (χ0n) is 14.5. The van der Waals surface area contributed by atoms with Gasteiger partial charge >= 0.3 is 0 Å². The highest BCUT2D eigenvalue weighted by atomic mass is 35.5. The van der Waals surface area contributed by atoms with Crippen LogP contribution in [0.1, 0.15) is 5.56 Å². The summed E-state index contributed by atoms with van der Waals surface area (Å²) in [7, 11) is 1.66. The van der Waals surface area contributed by atoms with Crippen molar-refractivity contribution in [3.05, 3.63) is 82.3 Å². The van der Waals surface area contributed by atoms with E-state index in [1.54, 1.807) is 18.9 Å². The zero-order chi connectivity index (χ0) is 18.8. The van der Waals surface area contributed by atoms with Crippen LogP contribution >= 0.6 is 35.0 Å². The SMILES string of the molecule is COc1cccc(-n2c(SCc3ccc(Cl)cc3)nc3ccc(Cl)cc32)c1. The third kappa shape index (κ3) is 3.93. The summed E-state index contributed by atoms with van der Waals surface area (Å²) in [5.74, 6) is 1.59. The van der Waals surface area contributed by atoms with Gasteiger partial charge in [0.2, 0.25) is 0 Å². The van der Waals surface area contributed by atoms with Crippen molar-refractivity contribution in [3.8, 4) is 11.4 Å². The first kappa shape index (κ1) is 18.2. The lowest BCUT2D eigenvalue weighted by Gasteiger charge is -2.11. The van der Waals surface area contributed by atoms with E-state index in [-0.39, 0.29) is 0 Å². The molecule has 0 aliphatic heterocycles. The zero-order valence-corrected chi connectivity index (χ0v) is 16.9. The van der Waals surface area contributed by atoms with Crippen molar-refractivity contribution in [2.24, 2.45) is 0 Å². The van der Waals surface area contributed by atoms with E-state index in [4.69, 9.17) is 32.9 Å². The van der Waals surface area contributed by atoms with Crippen LogP contribution in [-0.4, -0.2) is 16.7 Å². The van der Waals surface area contributed by atoms with E-state index in [1.165, 1.54) is 5.56 Å². The molecule has 6 heteroatoms. The first-order valence-electron chi connectivity index (χ1n) is 8.34. The van der Waals surface area contributed by atoms with Crippen LogP contribution in [0.25, 0.3) is 16.7 Å². The molecule has 0 N–H and O–H groups in total. The second-order valence-electron chi connectivity index (χ2n) is 5.98. The Hall–Kier alpha value is -2.14. The van der Waals surface area contributed by atoms with Gasteiger partial charge < -0.3 is 4.74 Å². The predicted octanol–water partition coefficient (Wildman–Crippen LogP) is 6.63. The van der Waals surface area contributed by atoms with Crippen LogP contribution in [0.4, 0.5) is 0 Å². The Kier molecular flexibility index (Phi) is 5.30. The summed E-state index contributed by atoms with van der Waals surface area (Å²) >= 11 is 13.9. The van der Waals surface area contributed by atoms with Crippen molar-refractivity contribution in [2.45, 2.75) is 10.9 Å². The number of rotatable bonds is 5. The molecule has 0 aliphatic rings. The fourth-order valence-corrected chi connectivity index (χ4v) is 4.13. The van der Waals surface area contributed by atoms with E-state index in [1.807, 2.05) is 66.7 Å². The van der Waals surface area contributed by atoms with Gasteiger partial charge in [-0.25, -0.2) is 4.98 Å². The average Bonchev–Trinajstić information content (AvgIpc) is 3.05. The molecule has 4 aromatic rings. The van der Waals surface area contributed by atoms with E-state index in [2.05, 4.69) is 4.57 Å². The highest BCUT2D eigenvalue weighted by molar-refractivity contribution is 7.98. The molecule has 136 valence electrons. The fourth-order valence-electron chi connectivity index (χ4n) is 2.85. The number of imidazole rings is 1. The summed E-state index contributed by atoms with van der Waals surface area (Å²) in [4.78, 5) is 4.82. The molecular weight excluding hydrogens is 399 g/mol. The number of halogens is 2. The van der Waals surface area contributed by atoms with E-state index >= 15 is 0 Å². The van der Waals surface area contributed by atoms with Gasteiger partial charge in [0.1, 0.15) is 5.75 Å². The Balaban J connectivity index is 1.78. The summed E-state index contributed by atoms with van der Waals surface area (Å²) in [6.07, 6.45) is 0. The molecule has 0 spiro atoms. The minimum atomic E-state index is 0.681. The molecule has 0 saturated heterocycles. The van der Waals surface area contributed by atoms with Crippen molar-refractivity contribution in [1.29, 1.82) is 0 Å². The number of hydrogen-bond donors (Lipinski definition) is 0. The topological polar surface area (TPSA) is 27.1 Å². The van der Waals surface area contributed by atoms with Crippen LogP contribution in [0.2, 0.25) is 10.0 Å². The number of methoxy groups -OCH3 is 1. The van der Waals surface area contributed by atoms with Crippen molar-refractivity contribution in [1.82, 2.24) is 9.55 Å². The van der Waals surface area contributed by atoms with Crippen molar-refractivity contribution >= 4 is 46.0 Å². The third-order valence-electron chi connectivity index (χ3n) is 4.18. The summed E-state index contributed by atoms with van der Waals surface area (Å²) < 4.78 is 7.51. The molecule has 3 nitrogen and oxygen atoms in total. The summed E-state index contributed by atoms with van der Waals surface area (Å²) in [6, 6.07) is 21.6. The molecule has 0 unspecified atom stereocenters. The molecule has 4 rings (SSSR count). The minimum Gasteiger partial charge on any atom is -0.497 e. The molecule has 0 aliphatic carbocycles. The van der Waals surface area contributed by atoms with Gasteiger partial charge in [0, 0.05) is 21.9 Å². The second kappa shape index (κ2) is 7.85. The van der Waals surface area contributed by atoms with Crippen molar-refractivity contribution < 1.29 is 4.74 Å². The second-order valence-corrected chi connectivity index (χ2v) is 7.79. The Morgan fingerprint density at radius 1 is 0.963 bits per heavy atom. The number of hydrogen-bond acceptors (Lipinski definition) is 3. The molecule has 0 saturated carbocycles. The van der Waals surface area contributed by atoms with Crippen LogP contribution < -0.4 is 4.74 Å². The van der Waals surface area contributed by atoms with Gasteiger partial charge in [0.05, 0.1) is 23.8 Å². The van der Waals surface area contributed by atoms with Gasteiger partial charge in [0.25, 0.3) is 0 Å². The van der Waals surface area contributed by atoms with Gasteiger partial charge in [-0.3, -0.25) is 4.57 Å². The normalized spacial score (nSPS) is 11.1. The van der Waals surface area contributed by atoms with E-state index in [9.17, 15) is 0 Å². The lowest BCUT2D eigenvalue weighted by molar-refractivity contribution is 0.414. The molecule has 0 radical (unpaired) electrons. The number of aromatic nitrogens is 2. The maximum Gasteiger partial charge on any atom is 0.174 e. The largest absolute Gasteiger partial charge is 0.497 e. The number of benzene rings is 3. The summed E-state index contributed by atoms with van der Waals surface area (Å²) in [5, 5.41) is 2.32. The lowest BCUT2D eigenvalue weighted by Crippen LogP contribution is -1.97. The maximum absolute atomic E-state index is 6.25. The predicted molar refractivity (Wildman–Crippen MR) is 114 cm³/mol. The third-order valence-corrected chi connectivity index (χ3v) is 5.68.